The number of hydrogen-bond acceptors (Lipinski definition) is 4. The molecule has 0 saturated heterocycles. The molecule has 2 aliphatic heterocycles. The third kappa shape index (κ3) is 4.51. The van der Waals surface area contributed by atoms with Gasteiger partial charge in [-0.05, 0) is 44.6 Å². The number of carbonyl (C=O) groups is 1. The minimum absolute atomic E-state index is 0.0694. The second-order valence-corrected chi connectivity index (χ2v) is 6.44. The van der Waals surface area contributed by atoms with Gasteiger partial charge in [-0.25, -0.2) is 4.79 Å². The Morgan fingerprint density at radius 1 is 1.24 bits per heavy atom. The van der Waals surface area contributed by atoms with Crippen LogP contribution in [0.2, 0.25) is 0 Å². The van der Waals surface area contributed by atoms with Crippen LogP contribution >= 0.6 is 0 Å². The first-order chi connectivity index (χ1) is 12.3. The van der Waals surface area contributed by atoms with Crippen molar-refractivity contribution in [2.24, 2.45) is 0 Å². The number of aryl methyl sites for hydroxylation is 1. The Labute approximate surface area is 150 Å². The number of esters is 1. The maximum Gasteiger partial charge on any atom is 0.335 e. The Kier molecular flexibility index (Phi) is 6.29. The van der Waals surface area contributed by atoms with Crippen molar-refractivity contribution >= 4 is 5.97 Å². The predicted octanol–water partition coefficient (Wildman–Crippen LogP) is 3.83. The summed E-state index contributed by atoms with van der Waals surface area (Å²) in [5.74, 6) is -0.163. The Morgan fingerprint density at radius 2 is 2.08 bits per heavy atom. The van der Waals surface area contributed by atoms with Crippen molar-refractivity contribution in [3.8, 4) is 0 Å². The van der Waals surface area contributed by atoms with Crippen LogP contribution in [0.4, 0.5) is 0 Å². The maximum atomic E-state index is 12.4. The van der Waals surface area contributed by atoms with Crippen LogP contribution in [0.5, 0.6) is 0 Å². The van der Waals surface area contributed by atoms with Gasteiger partial charge in [0.2, 0.25) is 0 Å². The Bertz CT molecular complexity index is 636. The zero-order valence-electron chi connectivity index (χ0n) is 14.9. The maximum absolute atomic E-state index is 12.4. The summed E-state index contributed by atoms with van der Waals surface area (Å²) in [6.45, 7) is 3.72. The lowest BCUT2D eigenvalue weighted by Gasteiger charge is -2.38. The minimum atomic E-state index is -0.163. The molecule has 4 nitrogen and oxygen atoms in total. The lowest BCUT2D eigenvalue weighted by Crippen LogP contribution is -2.40. The van der Waals surface area contributed by atoms with E-state index in [-0.39, 0.29) is 12.2 Å². The van der Waals surface area contributed by atoms with E-state index < -0.39 is 0 Å². The zero-order valence-corrected chi connectivity index (χ0v) is 14.9. The number of ether oxygens (including phenoxy) is 2. The average Bonchev–Trinajstić information content (AvgIpc) is 2.88. The molecule has 0 amide bonds. The van der Waals surface area contributed by atoms with E-state index in [1.807, 2.05) is 13.0 Å². The first-order valence-electron chi connectivity index (χ1n) is 9.26. The first kappa shape index (κ1) is 17.7. The van der Waals surface area contributed by atoms with Crippen molar-refractivity contribution in [2.45, 2.75) is 45.3 Å². The van der Waals surface area contributed by atoms with E-state index in [4.69, 9.17) is 9.47 Å². The van der Waals surface area contributed by atoms with E-state index in [1.165, 1.54) is 5.56 Å². The highest BCUT2D eigenvalue weighted by atomic mass is 16.5. The average molecular weight is 341 g/mol. The van der Waals surface area contributed by atoms with Gasteiger partial charge in [-0.1, -0.05) is 42.5 Å². The molecule has 2 aliphatic rings. The molecule has 0 radical (unpaired) electrons. The summed E-state index contributed by atoms with van der Waals surface area (Å²) in [6, 6.07) is 10.5. The molecule has 1 unspecified atom stereocenters. The number of allylic oxidation sites excluding steroid dienone is 1. The third-order valence-corrected chi connectivity index (χ3v) is 4.78. The fourth-order valence-electron chi connectivity index (χ4n) is 3.58. The SMILES string of the molecule is CCOC(=O)C1=C(CCCc2ccccc2)N2CC=CCOC2CC1. The number of carbonyl (C=O) groups excluding carboxylic acids is 1. The first-order valence-corrected chi connectivity index (χ1v) is 9.26. The zero-order chi connectivity index (χ0) is 17.5. The van der Waals surface area contributed by atoms with E-state index >= 15 is 0 Å². The lowest BCUT2D eigenvalue weighted by atomic mass is 9.96. The molecular formula is C21H27NO3. The lowest BCUT2D eigenvalue weighted by molar-refractivity contribution is -0.139. The summed E-state index contributed by atoms with van der Waals surface area (Å²) in [5, 5.41) is 0. The second kappa shape index (κ2) is 8.86. The van der Waals surface area contributed by atoms with Crippen molar-refractivity contribution in [2.75, 3.05) is 19.8 Å². The number of rotatable bonds is 6. The van der Waals surface area contributed by atoms with Crippen molar-refractivity contribution in [1.29, 1.82) is 0 Å². The summed E-state index contributed by atoms with van der Waals surface area (Å²) >= 11 is 0. The summed E-state index contributed by atoms with van der Waals surface area (Å²) in [5.41, 5.74) is 3.28. The van der Waals surface area contributed by atoms with Gasteiger partial charge in [-0.15, -0.1) is 0 Å². The Balaban J connectivity index is 1.76. The van der Waals surface area contributed by atoms with Gasteiger partial charge >= 0.3 is 5.97 Å². The molecule has 0 fully saturated rings. The number of hydrogen-bond donors (Lipinski definition) is 0. The highest BCUT2D eigenvalue weighted by molar-refractivity contribution is 5.89. The van der Waals surface area contributed by atoms with Crippen molar-refractivity contribution in [3.63, 3.8) is 0 Å². The minimum Gasteiger partial charge on any atom is -0.463 e. The summed E-state index contributed by atoms with van der Waals surface area (Å²) in [7, 11) is 0. The molecule has 0 saturated carbocycles. The Morgan fingerprint density at radius 3 is 2.88 bits per heavy atom. The van der Waals surface area contributed by atoms with E-state index in [2.05, 4.69) is 41.3 Å². The molecule has 4 heteroatoms. The van der Waals surface area contributed by atoms with Gasteiger partial charge in [0.05, 0.1) is 18.8 Å². The molecule has 1 aromatic carbocycles. The fraction of sp³-hybridized carbons (Fsp3) is 0.476. The van der Waals surface area contributed by atoms with Crippen molar-refractivity contribution in [1.82, 2.24) is 4.90 Å². The summed E-state index contributed by atoms with van der Waals surface area (Å²) in [4.78, 5) is 14.7. The quantitative estimate of drug-likeness (QED) is 0.582. The van der Waals surface area contributed by atoms with Crippen LogP contribution < -0.4 is 0 Å². The van der Waals surface area contributed by atoms with Gasteiger partial charge in [0.1, 0.15) is 6.23 Å². The van der Waals surface area contributed by atoms with Gasteiger partial charge in [0.25, 0.3) is 0 Å². The topological polar surface area (TPSA) is 38.8 Å². The molecule has 0 aliphatic carbocycles. The summed E-state index contributed by atoms with van der Waals surface area (Å²) < 4.78 is 11.2. The highest BCUT2D eigenvalue weighted by Gasteiger charge is 2.32. The van der Waals surface area contributed by atoms with E-state index in [0.717, 1.165) is 49.9 Å². The van der Waals surface area contributed by atoms with Gasteiger partial charge < -0.3 is 14.4 Å². The molecule has 1 atom stereocenters. The van der Waals surface area contributed by atoms with Crippen molar-refractivity contribution < 1.29 is 14.3 Å². The molecular weight excluding hydrogens is 314 g/mol. The van der Waals surface area contributed by atoms with Gasteiger partial charge in [0, 0.05) is 12.2 Å². The molecule has 3 rings (SSSR count). The molecule has 25 heavy (non-hydrogen) atoms. The standard InChI is InChI=1S/C21H27NO3/c1-2-24-21(23)18-13-14-20-22(15-6-7-16-25-20)19(18)12-8-11-17-9-4-3-5-10-17/h3-7,9-10,20H,2,8,11-16H2,1H3. The van der Waals surface area contributed by atoms with Gasteiger partial charge in [-0.3, -0.25) is 0 Å². The van der Waals surface area contributed by atoms with Crippen LogP contribution in [0.3, 0.4) is 0 Å². The fourth-order valence-corrected chi connectivity index (χ4v) is 3.58. The normalized spacial score (nSPS) is 20.2. The number of nitrogens with zero attached hydrogens (tertiary/aromatic N) is 1. The van der Waals surface area contributed by atoms with Crippen LogP contribution in [-0.2, 0) is 20.7 Å². The van der Waals surface area contributed by atoms with Crippen LogP contribution in [0.15, 0.2) is 53.8 Å². The van der Waals surface area contributed by atoms with E-state index in [9.17, 15) is 4.79 Å². The number of fused-ring (bicyclic) bond motifs is 1. The van der Waals surface area contributed by atoms with E-state index in [1.54, 1.807) is 0 Å². The largest absolute Gasteiger partial charge is 0.463 e. The molecule has 0 spiro atoms. The molecule has 0 N–H and O–H groups in total. The molecule has 2 heterocycles. The monoisotopic (exact) mass is 341 g/mol. The summed E-state index contributed by atoms with van der Waals surface area (Å²) in [6.07, 6.45) is 8.73. The molecule has 1 aromatic rings. The highest BCUT2D eigenvalue weighted by Crippen LogP contribution is 2.32. The second-order valence-electron chi connectivity index (χ2n) is 6.44. The van der Waals surface area contributed by atoms with Gasteiger partial charge in [-0.2, -0.15) is 0 Å². The van der Waals surface area contributed by atoms with Crippen LogP contribution in [0, 0.1) is 0 Å². The molecule has 0 bridgehead atoms. The number of benzene rings is 1. The Hall–Kier alpha value is -2.07. The third-order valence-electron chi connectivity index (χ3n) is 4.78. The molecule has 134 valence electrons. The smallest absolute Gasteiger partial charge is 0.335 e. The van der Waals surface area contributed by atoms with E-state index in [0.29, 0.717) is 13.2 Å². The molecule has 0 aromatic heterocycles. The van der Waals surface area contributed by atoms with Crippen molar-refractivity contribution in [3.05, 3.63) is 59.3 Å². The predicted molar refractivity (Wildman–Crippen MR) is 97.9 cm³/mol. The van der Waals surface area contributed by atoms with Gasteiger partial charge in [0.15, 0.2) is 0 Å². The van der Waals surface area contributed by atoms with Crippen LogP contribution in [0.25, 0.3) is 0 Å². The van der Waals surface area contributed by atoms with Crippen LogP contribution in [-0.4, -0.2) is 36.9 Å². The van der Waals surface area contributed by atoms with Crippen LogP contribution in [0.1, 0.15) is 38.2 Å².